The lowest BCUT2D eigenvalue weighted by molar-refractivity contribution is 0.308. The molecule has 2 aromatic rings. The second-order valence-electron chi connectivity index (χ2n) is 5.36. The molecule has 1 aromatic carbocycles. The van der Waals surface area contributed by atoms with E-state index < -0.39 is 0 Å². The number of fused-ring (bicyclic) bond motifs is 2. The molecule has 1 atom stereocenters. The second kappa shape index (κ2) is 4.54. The molecule has 0 fully saturated rings. The first kappa shape index (κ1) is 12.5. The normalized spacial score (nSPS) is 17.5. The summed E-state index contributed by atoms with van der Waals surface area (Å²) in [6.45, 7) is 3.75. The van der Waals surface area contributed by atoms with E-state index in [1.54, 1.807) is 6.07 Å². The van der Waals surface area contributed by atoms with E-state index >= 15 is 0 Å². The molecule has 0 aliphatic carbocycles. The number of nitrogens with two attached hydrogens (primary N) is 1. The molecule has 0 bridgehead atoms. The van der Waals surface area contributed by atoms with Gasteiger partial charge < -0.3 is 10.6 Å². The van der Waals surface area contributed by atoms with Crippen molar-refractivity contribution in [2.75, 3.05) is 13.6 Å². The van der Waals surface area contributed by atoms with Gasteiger partial charge in [0.25, 0.3) is 0 Å². The molecule has 2 N–H and O–H groups in total. The number of benzene rings is 1. The van der Waals surface area contributed by atoms with Gasteiger partial charge in [-0.3, -0.25) is 0 Å². The molecule has 3 nitrogen and oxygen atoms in total. The van der Waals surface area contributed by atoms with Crippen LogP contribution in [0, 0.1) is 5.82 Å². The van der Waals surface area contributed by atoms with E-state index in [-0.39, 0.29) is 11.9 Å². The van der Waals surface area contributed by atoms with Gasteiger partial charge in [-0.05, 0) is 31.2 Å². The van der Waals surface area contributed by atoms with Crippen molar-refractivity contribution < 1.29 is 4.39 Å². The van der Waals surface area contributed by atoms with Crippen LogP contribution in [-0.2, 0) is 13.0 Å². The van der Waals surface area contributed by atoms with E-state index in [2.05, 4.69) is 16.9 Å². The van der Waals surface area contributed by atoms with Crippen LogP contribution in [0.25, 0.3) is 10.9 Å². The fraction of sp³-hybridized carbons (Fsp3) is 0.400. The number of aromatic nitrogens is 1. The number of halogens is 1. The molecule has 0 saturated carbocycles. The Morgan fingerprint density at radius 1 is 1.42 bits per heavy atom. The summed E-state index contributed by atoms with van der Waals surface area (Å²) in [6.07, 6.45) is 0.857. The molecular formula is C15H18FN3. The summed E-state index contributed by atoms with van der Waals surface area (Å²) in [5.74, 6) is -0.263. The van der Waals surface area contributed by atoms with E-state index in [1.807, 2.05) is 13.0 Å². The molecule has 0 spiro atoms. The molecule has 2 heterocycles. The summed E-state index contributed by atoms with van der Waals surface area (Å²) in [5.41, 5.74) is 9.82. The maximum absolute atomic E-state index is 14.0. The summed E-state index contributed by atoms with van der Waals surface area (Å²) in [6, 6.07) is 4.98. The van der Waals surface area contributed by atoms with Crippen molar-refractivity contribution in [1.82, 2.24) is 9.88 Å². The third kappa shape index (κ3) is 2.01. The van der Waals surface area contributed by atoms with Gasteiger partial charge in [0.1, 0.15) is 11.3 Å². The highest BCUT2D eigenvalue weighted by molar-refractivity contribution is 5.84. The first-order chi connectivity index (χ1) is 9.08. The second-order valence-corrected chi connectivity index (χ2v) is 5.36. The highest BCUT2D eigenvalue weighted by atomic mass is 19.1. The summed E-state index contributed by atoms with van der Waals surface area (Å²) >= 11 is 0. The molecule has 4 heteroatoms. The van der Waals surface area contributed by atoms with Gasteiger partial charge in [-0.2, -0.15) is 0 Å². The zero-order valence-corrected chi connectivity index (χ0v) is 11.3. The predicted molar refractivity (Wildman–Crippen MR) is 74.3 cm³/mol. The van der Waals surface area contributed by atoms with Crippen LogP contribution in [0.4, 0.5) is 4.39 Å². The summed E-state index contributed by atoms with van der Waals surface area (Å²) in [4.78, 5) is 6.79. The number of pyridine rings is 1. The summed E-state index contributed by atoms with van der Waals surface area (Å²) in [7, 11) is 2.09. The Hall–Kier alpha value is -1.52. The molecule has 19 heavy (non-hydrogen) atoms. The molecule has 0 amide bonds. The lowest BCUT2D eigenvalue weighted by Crippen LogP contribution is -2.29. The molecule has 0 saturated heterocycles. The lowest BCUT2D eigenvalue weighted by atomic mass is 9.92. The maximum atomic E-state index is 14.0. The van der Waals surface area contributed by atoms with Crippen molar-refractivity contribution in [3.8, 4) is 0 Å². The average molecular weight is 259 g/mol. The molecular weight excluding hydrogens is 241 g/mol. The highest BCUT2D eigenvalue weighted by Gasteiger charge is 2.23. The van der Waals surface area contributed by atoms with Crippen molar-refractivity contribution in [3.05, 3.63) is 40.8 Å². The standard InChI is InChI=1S/C15H18FN3/c1-9(17)14-10-4-3-5-12(16)15(10)18-13-6-7-19(2)8-11(13)14/h3-5,9H,6-8,17H2,1-2H3. The van der Waals surface area contributed by atoms with E-state index in [4.69, 9.17) is 5.73 Å². The van der Waals surface area contributed by atoms with Gasteiger partial charge in [0, 0.05) is 36.6 Å². The van der Waals surface area contributed by atoms with Crippen molar-refractivity contribution in [1.29, 1.82) is 0 Å². The first-order valence-electron chi connectivity index (χ1n) is 6.62. The van der Waals surface area contributed by atoms with E-state index in [0.717, 1.165) is 36.2 Å². The van der Waals surface area contributed by atoms with E-state index in [9.17, 15) is 4.39 Å². The molecule has 0 radical (unpaired) electrons. The van der Waals surface area contributed by atoms with Crippen LogP contribution in [0.15, 0.2) is 18.2 Å². The van der Waals surface area contributed by atoms with Crippen LogP contribution in [-0.4, -0.2) is 23.5 Å². The van der Waals surface area contributed by atoms with E-state index in [0.29, 0.717) is 5.52 Å². The number of para-hydroxylation sites is 1. The van der Waals surface area contributed by atoms with Crippen molar-refractivity contribution in [2.24, 2.45) is 5.73 Å². The van der Waals surface area contributed by atoms with E-state index in [1.165, 1.54) is 11.6 Å². The summed E-state index contributed by atoms with van der Waals surface area (Å²) < 4.78 is 14.0. The third-order valence-corrected chi connectivity index (χ3v) is 3.81. The Kier molecular flexibility index (Phi) is 2.99. The van der Waals surface area contributed by atoms with Gasteiger partial charge in [-0.25, -0.2) is 9.37 Å². The Labute approximate surface area is 112 Å². The molecule has 1 aliphatic heterocycles. The first-order valence-corrected chi connectivity index (χ1v) is 6.62. The van der Waals surface area contributed by atoms with Gasteiger partial charge in [0.2, 0.25) is 0 Å². The van der Waals surface area contributed by atoms with Crippen LogP contribution in [0.3, 0.4) is 0 Å². The Bertz CT molecular complexity index is 637. The van der Waals surface area contributed by atoms with Crippen LogP contribution in [0.1, 0.15) is 29.8 Å². The maximum Gasteiger partial charge on any atom is 0.149 e. The minimum atomic E-state index is -0.263. The van der Waals surface area contributed by atoms with Crippen LogP contribution < -0.4 is 5.73 Å². The SMILES string of the molecule is CC(N)c1c2c(nc3c(F)cccc13)CCN(C)C2. The zero-order chi connectivity index (χ0) is 13.6. The number of rotatable bonds is 1. The minimum absolute atomic E-state index is 0.118. The monoisotopic (exact) mass is 259 g/mol. The topological polar surface area (TPSA) is 42.1 Å². The van der Waals surface area contributed by atoms with Crippen molar-refractivity contribution in [3.63, 3.8) is 0 Å². The molecule has 1 aliphatic rings. The lowest BCUT2D eigenvalue weighted by Gasteiger charge is -2.28. The van der Waals surface area contributed by atoms with Crippen LogP contribution in [0.5, 0.6) is 0 Å². The number of likely N-dealkylation sites (N-methyl/N-ethyl adjacent to an activating group) is 1. The summed E-state index contributed by atoms with van der Waals surface area (Å²) in [5, 5.41) is 0.851. The molecule has 100 valence electrons. The Balaban J connectivity index is 2.37. The number of hydrogen-bond acceptors (Lipinski definition) is 3. The Morgan fingerprint density at radius 2 is 2.21 bits per heavy atom. The predicted octanol–water partition coefficient (Wildman–Crippen LogP) is 2.38. The van der Waals surface area contributed by atoms with Crippen molar-refractivity contribution in [2.45, 2.75) is 25.9 Å². The highest BCUT2D eigenvalue weighted by Crippen LogP contribution is 2.31. The van der Waals surface area contributed by atoms with Gasteiger partial charge >= 0.3 is 0 Å². The van der Waals surface area contributed by atoms with Gasteiger partial charge in [0.05, 0.1) is 0 Å². The quantitative estimate of drug-likeness (QED) is 0.855. The Morgan fingerprint density at radius 3 is 2.95 bits per heavy atom. The average Bonchev–Trinajstić information content (AvgIpc) is 2.36. The van der Waals surface area contributed by atoms with Gasteiger partial charge in [-0.15, -0.1) is 0 Å². The fourth-order valence-corrected chi connectivity index (χ4v) is 2.92. The largest absolute Gasteiger partial charge is 0.324 e. The number of hydrogen-bond donors (Lipinski definition) is 1. The smallest absolute Gasteiger partial charge is 0.149 e. The van der Waals surface area contributed by atoms with Crippen LogP contribution in [0.2, 0.25) is 0 Å². The van der Waals surface area contributed by atoms with Gasteiger partial charge in [-0.1, -0.05) is 12.1 Å². The minimum Gasteiger partial charge on any atom is -0.324 e. The van der Waals surface area contributed by atoms with Crippen molar-refractivity contribution >= 4 is 10.9 Å². The third-order valence-electron chi connectivity index (χ3n) is 3.81. The fourth-order valence-electron chi connectivity index (χ4n) is 2.92. The molecule has 1 unspecified atom stereocenters. The zero-order valence-electron chi connectivity index (χ0n) is 11.3. The molecule has 3 rings (SSSR count). The number of nitrogens with zero attached hydrogens (tertiary/aromatic N) is 2. The van der Waals surface area contributed by atoms with Crippen LogP contribution >= 0.6 is 0 Å². The molecule has 1 aromatic heterocycles. The van der Waals surface area contributed by atoms with Gasteiger partial charge in [0.15, 0.2) is 0 Å².